The first-order valence-corrected chi connectivity index (χ1v) is 11.1. The molecule has 0 aliphatic rings. The van der Waals surface area contributed by atoms with Gasteiger partial charge in [0, 0.05) is 17.6 Å². The van der Waals surface area contributed by atoms with Crippen LogP contribution in [0.15, 0.2) is 83.7 Å². The highest BCUT2D eigenvalue weighted by molar-refractivity contribution is 7.07. The van der Waals surface area contributed by atoms with Gasteiger partial charge in [-0.2, -0.15) is 5.26 Å². The summed E-state index contributed by atoms with van der Waals surface area (Å²) in [5, 5.41) is 15.5. The number of nitrogens with zero attached hydrogens (tertiary/aromatic N) is 2. The number of amides is 1. The van der Waals surface area contributed by atoms with Crippen LogP contribution < -0.4 is 25.4 Å². The topological polar surface area (TPSA) is 86.9 Å². The van der Waals surface area contributed by atoms with Crippen LogP contribution in [-0.4, -0.2) is 10.5 Å². The van der Waals surface area contributed by atoms with Crippen LogP contribution in [0.1, 0.15) is 5.56 Å². The first-order chi connectivity index (χ1) is 16.5. The van der Waals surface area contributed by atoms with E-state index in [4.69, 9.17) is 0 Å². The van der Waals surface area contributed by atoms with E-state index in [0.717, 1.165) is 16.9 Å². The van der Waals surface area contributed by atoms with Gasteiger partial charge in [0.1, 0.15) is 21.1 Å². The quantitative estimate of drug-likeness (QED) is 0.467. The smallest absolute Gasteiger partial charge is 0.275 e. The van der Waals surface area contributed by atoms with Crippen LogP contribution in [0.4, 0.5) is 15.8 Å². The molecule has 0 saturated carbocycles. The molecule has 0 spiro atoms. The fourth-order valence-corrected chi connectivity index (χ4v) is 4.29. The number of carbonyl (C=O) groups is 1. The van der Waals surface area contributed by atoms with Gasteiger partial charge in [-0.05, 0) is 48.9 Å². The fraction of sp³-hybridized carbons (Fsp3) is 0.0385. The van der Waals surface area contributed by atoms with Crippen LogP contribution in [0.25, 0.3) is 17.5 Å². The van der Waals surface area contributed by atoms with Crippen molar-refractivity contribution < 1.29 is 9.18 Å². The monoisotopic (exact) mass is 470 g/mol. The fourth-order valence-electron chi connectivity index (χ4n) is 3.27. The van der Waals surface area contributed by atoms with Gasteiger partial charge < -0.3 is 10.6 Å². The predicted octanol–water partition coefficient (Wildman–Crippen LogP) is 3.51. The number of benzene rings is 3. The van der Waals surface area contributed by atoms with Gasteiger partial charge in [-0.25, -0.2) is 4.39 Å². The van der Waals surface area contributed by atoms with Crippen LogP contribution >= 0.6 is 11.3 Å². The lowest BCUT2D eigenvalue weighted by atomic mass is 10.2. The minimum absolute atomic E-state index is 0.191. The highest BCUT2D eigenvalue weighted by atomic mass is 32.1. The molecule has 168 valence electrons. The van der Waals surface area contributed by atoms with Crippen molar-refractivity contribution in [1.82, 2.24) is 4.57 Å². The van der Waals surface area contributed by atoms with Crippen molar-refractivity contribution >= 4 is 40.4 Å². The number of nitrogens with one attached hydrogen (secondary N) is 2. The lowest BCUT2D eigenvalue weighted by Gasteiger charge is -2.05. The third kappa shape index (κ3) is 4.80. The van der Waals surface area contributed by atoms with Crippen molar-refractivity contribution in [3.8, 4) is 11.8 Å². The predicted molar refractivity (Wildman–Crippen MR) is 132 cm³/mol. The summed E-state index contributed by atoms with van der Waals surface area (Å²) in [5.74, 6) is -1.03. The van der Waals surface area contributed by atoms with E-state index in [9.17, 15) is 19.2 Å². The van der Waals surface area contributed by atoms with Crippen LogP contribution in [0.2, 0.25) is 0 Å². The highest BCUT2D eigenvalue weighted by Gasteiger charge is 2.17. The Bertz CT molecular complexity index is 1570. The number of rotatable bonds is 5. The van der Waals surface area contributed by atoms with E-state index in [1.165, 1.54) is 22.9 Å². The molecule has 1 aromatic heterocycles. The Hall–Kier alpha value is -4.48. The van der Waals surface area contributed by atoms with Crippen molar-refractivity contribution in [2.75, 3.05) is 10.6 Å². The van der Waals surface area contributed by atoms with Crippen molar-refractivity contribution in [3.63, 3.8) is 0 Å². The summed E-state index contributed by atoms with van der Waals surface area (Å²) >= 11 is 1.00. The highest BCUT2D eigenvalue weighted by Crippen LogP contribution is 2.15. The second kappa shape index (κ2) is 9.98. The number of thiazole rings is 1. The molecule has 0 atom stereocenters. The zero-order valence-electron chi connectivity index (χ0n) is 18.1. The molecule has 34 heavy (non-hydrogen) atoms. The SMILES string of the molecule is Cc1ccc(F)cc1N/C=c1\s/c(=C(\C#N)C(=O)Nc2ccccc2)n(-c2ccccc2)c1=O. The molecule has 6 nitrogen and oxygen atoms in total. The Balaban J connectivity index is 1.89. The minimum Gasteiger partial charge on any atom is -0.360 e. The molecule has 0 radical (unpaired) electrons. The van der Waals surface area contributed by atoms with Gasteiger partial charge in [0.05, 0.1) is 5.69 Å². The van der Waals surface area contributed by atoms with Gasteiger partial charge >= 0.3 is 0 Å². The zero-order valence-corrected chi connectivity index (χ0v) is 18.9. The summed E-state index contributed by atoms with van der Waals surface area (Å²) in [5.41, 5.74) is 1.74. The van der Waals surface area contributed by atoms with Crippen LogP contribution in [-0.2, 0) is 4.79 Å². The molecule has 0 unspecified atom stereocenters. The average Bonchev–Trinajstić information content (AvgIpc) is 3.17. The van der Waals surface area contributed by atoms with Gasteiger partial charge in [0.2, 0.25) is 0 Å². The third-order valence-corrected chi connectivity index (χ3v) is 6.07. The standard InChI is InChI=1S/C26H19FN4O2S/c1-17-12-13-18(27)14-22(17)29-16-23-25(33)31(20-10-6-3-7-11-20)26(34-23)21(15-28)24(32)30-19-8-4-2-5-9-19/h2-14,16,29H,1H3,(H,30,32)/b23-16-,26-21+. The molecular weight excluding hydrogens is 451 g/mol. The molecule has 1 heterocycles. The maximum absolute atomic E-state index is 13.7. The Morgan fingerprint density at radius 1 is 1.06 bits per heavy atom. The van der Waals surface area contributed by atoms with Gasteiger partial charge in [-0.15, -0.1) is 11.3 Å². The lowest BCUT2D eigenvalue weighted by Crippen LogP contribution is -2.32. The van der Waals surface area contributed by atoms with Crippen molar-refractivity contribution in [2.24, 2.45) is 0 Å². The summed E-state index contributed by atoms with van der Waals surface area (Å²) in [7, 11) is 0. The minimum atomic E-state index is -0.625. The number of hydrogen-bond donors (Lipinski definition) is 2. The Kier molecular flexibility index (Phi) is 6.67. The molecule has 0 bridgehead atoms. The molecule has 0 saturated heterocycles. The third-order valence-electron chi connectivity index (χ3n) is 4.98. The summed E-state index contributed by atoms with van der Waals surface area (Å²) in [6, 6.07) is 23.8. The van der Waals surface area contributed by atoms with Crippen molar-refractivity contribution in [3.05, 3.63) is 110 Å². The number of anilines is 2. The van der Waals surface area contributed by atoms with Crippen LogP contribution in [0, 0.1) is 24.1 Å². The Labute approximate surface area is 198 Å². The molecule has 4 rings (SSSR count). The molecule has 4 aromatic rings. The second-order valence-electron chi connectivity index (χ2n) is 7.30. The number of hydrogen-bond acceptors (Lipinski definition) is 5. The van der Waals surface area contributed by atoms with Crippen molar-refractivity contribution in [2.45, 2.75) is 6.92 Å². The maximum atomic E-state index is 13.7. The van der Waals surface area contributed by atoms with E-state index in [-0.39, 0.29) is 14.8 Å². The first kappa shape index (κ1) is 22.7. The summed E-state index contributed by atoms with van der Waals surface area (Å²) in [4.78, 5) is 26.3. The average molecular weight is 471 g/mol. The van der Waals surface area contributed by atoms with E-state index < -0.39 is 17.3 Å². The summed E-state index contributed by atoms with van der Waals surface area (Å²) in [6.45, 7) is 1.81. The molecule has 0 fully saturated rings. The van der Waals surface area contributed by atoms with Gasteiger partial charge in [0.15, 0.2) is 5.57 Å². The second-order valence-corrected chi connectivity index (χ2v) is 8.33. The number of halogens is 1. The van der Waals surface area contributed by atoms with Crippen LogP contribution in [0.5, 0.6) is 0 Å². The normalized spacial score (nSPS) is 12.1. The molecule has 8 heteroatoms. The van der Waals surface area contributed by atoms with E-state index >= 15 is 0 Å². The number of aromatic nitrogens is 1. The summed E-state index contributed by atoms with van der Waals surface area (Å²) in [6.07, 6.45) is 1.46. The van der Waals surface area contributed by atoms with Gasteiger partial charge in [-0.1, -0.05) is 42.5 Å². The Morgan fingerprint density at radius 3 is 2.41 bits per heavy atom. The largest absolute Gasteiger partial charge is 0.360 e. The molecule has 3 aromatic carbocycles. The van der Waals surface area contributed by atoms with Crippen molar-refractivity contribution in [1.29, 1.82) is 5.26 Å². The van der Waals surface area contributed by atoms with Gasteiger partial charge in [0.25, 0.3) is 11.5 Å². The van der Waals surface area contributed by atoms with Gasteiger partial charge in [-0.3, -0.25) is 14.2 Å². The van der Waals surface area contributed by atoms with E-state index in [0.29, 0.717) is 17.1 Å². The molecule has 0 aliphatic carbocycles. The maximum Gasteiger partial charge on any atom is 0.275 e. The molecular formula is C26H19FN4O2S. The van der Waals surface area contributed by atoms with E-state index in [1.54, 1.807) is 60.7 Å². The summed E-state index contributed by atoms with van der Waals surface area (Å²) < 4.78 is 15.4. The first-order valence-electron chi connectivity index (χ1n) is 10.3. The number of aryl methyl sites for hydroxylation is 1. The van der Waals surface area contributed by atoms with E-state index in [1.807, 2.05) is 19.1 Å². The number of nitriles is 1. The Morgan fingerprint density at radius 2 is 1.74 bits per heavy atom. The molecule has 2 N–H and O–H groups in total. The molecule has 1 amide bonds. The van der Waals surface area contributed by atoms with E-state index in [2.05, 4.69) is 10.6 Å². The lowest BCUT2D eigenvalue weighted by molar-refractivity contribution is -0.111. The zero-order chi connectivity index (χ0) is 24.1. The number of carbonyl (C=O) groups excluding carboxylic acids is 1. The number of para-hydroxylation sites is 2. The molecule has 0 aliphatic heterocycles. The van der Waals surface area contributed by atoms with Crippen LogP contribution in [0.3, 0.4) is 0 Å².